The van der Waals surface area contributed by atoms with Gasteiger partial charge in [0.25, 0.3) is 0 Å². The van der Waals surface area contributed by atoms with Crippen LogP contribution in [0.3, 0.4) is 0 Å². The first kappa shape index (κ1) is 19.2. The Balaban J connectivity index is 1.30. The van der Waals surface area contributed by atoms with Crippen molar-refractivity contribution < 1.29 is 4.42 Å². The van der Waals surface area contributed by atoms with Gasteiger partial charge in [0.05, 0.1) is 23.5 Å². The highest BCUT2D eigenvalue weighted by Crippen LogP contribution is 2.26. The van der Waals surface area contributed by atoms with E-state index in [1.165, 1.54) is 39.7 Å². The minimum absolute atomic E-state index is 0.694. The van der Waals surface area contributed by atoms with E-state index < -0.39 is 0 Å². The Morgan fingerprint density at radius 2 is 2.00 bits per heavy atom. The van der Waals surface area contributed by atoms with Crippen LogP contribution in [0.4, 0.5) is 0 Å². The number of rotatable bonds is 8. The lowest BCUT2D eigenvalue weighted by atomic mass is 10.0. The Labute approximate surface area is 173 Å². The molecule has 5 nitrogen and oxygen atoms in total. The molecular formula is C21H26N4OS2. The van der Waals surface area contributed by atoms with Crippen LogP contribution < -0.4 is 10.6 Å². The summed E-state index contributed by atoms with van der Waals surface area (Å²) in [7, 11) is 0. The van der Waals surface area contributed by atoms with Crippen LogP contribution in [-0.2, 0) is 32.2 Å². The molecule has 3 heterocycles. The van der Waals surface area contributed by atoms with Gasteiger partial charge in [-0.05, 0) is 49.3 Å². The van der Waals surface area contributed by atoms with E-state index in [0.717, 1.165) is 44.1 Å². The standard InChI is InChI=1S/C21H26N4OS2/c1-2-8-19-18(7-1)25-20(28-19)10-12-23-21(24-15-17-6-4-14-27-17)22-11-9-16-5-3-13-26-16/h3-6,13-14H,1-2,7-12,15H2,(H2,22,23,24). The van der Waals surface area contributed by atoms with Crippen LogP contribution in [0.25, 0.3) is 0 Å². The highest BCUT2D eigenvalue weighted by Gasteiger charge is 2.14. The first-order valence-corrected chi connectivity index (χ1v) is 11.6. The Kier molecular flexibility index (Phi) is 6.78. The molecule has 0 aromatic carbocycles. The molecule has 0 spiro atoms. The van der Waals surface area contributed by atoms with Gasteiger partial charge in [0.15, 0.2) is 5.96 Å². The summed E-state index contributed by atoms with van der Waals surface area (Å²) in [6.07, 6.45) is 8.46. The average molecular weight is 415 g/mol. The van der Waals surface area contributed by atoms with E-state index in [4.69, 9.17) is 14.4 Å². The number of aromatic nitrogens is 1. The normalized spacial score (nSPS) is 14.1. The first-order valence-electron chi connectivity index (χ1n) is 9.91. The van der Waals surface area contributed by atoms with Gasteiger partial charge in [-0.15, -0.1) is 22.7 Å². The molecule has 28 heavy (non-hydrogen) atoms. The predicted molar refractivity (Wildman–Crippen MR) is 116 cm³/mol. The minimum atomic E-state index is 0.694. The third-order valence-electron chi connectivity index (χ3n) is 4.74. The van der Waals surface area contributed by atoms with Crippen LogP contribution in [0, 0.1) is 0 Å². The first-order chi connectivity index (χ1) is 13.9. The molecule has 0 fully saturated rings. The van der Waals surface area contributed by atoms with Gasteiger partial charge in [0.2, 0.25) is 0 Å². The molecule has 148 valence electrons. The van der Waals surface area contributed by atoms with Gasteiger partial charge in [-0.2, -0.15) is 0 Å². The molecule has 3 aromatic rings. The summed E-state index contributed by atoms with van der Waals surface area (Å²) >= 11 is 3.63. The number of thiophene rings is 1. The molecule has 4 rings (SSSR count). The maximum Gasteiger partial charge on any atom is 0.191 e. The molecule has 0 saturated carbocycles. The predicted octanol–water partition coefficient (Wildman–Crippen LogP) is 4.20. The number of guanidine groups is 1. The fourth-order valence-corrected chi connectivity index (χ4v) is 5.08. The fourth-order valence-electron chi connectivity index (χ4n) is 3.29. The van der Waals surface area contributed by atoms with E-state index in [0.29, 0.717) is 6.54 Å². The lowest BCUT2D eigenvalue weighted by molar-refractivity contribution is 0.506. The van der Waals surface area contributed by atoms with Crippen molar-refractivity contribution in [3.05, 3.63) is 62.1 Å². The molecule has 1 aliphatic rings. The second kappa shape index (κ2) is 9.89. The second-order valence-electron chi connectivity index (χ2n) is 6.86. The third-order valence-corrected chi connectivity index (χ3v) is 6.82. The molecule has 3 aromatic heterocycles. The van der Waals surface area contributed by atoms with Crippen LogP contribution in [-0.4, -0.2) is 24.0 Å². The summed E-state index contributed by atoms with van der Waals surface area (Å²) in [6.45, 7) is 2.32. The highest BCUT2D eigenvalue weighted by molar-refractivity contribution is 7.11. The molecule has 2 N–H and O–H groups in total. The van der Waals surface area contributed by atoms with E-state index in [1.54, 1.807) is 17.6 Å². The molecule has 0 aliphatic heterocycles. The van der Waals surface area contributed by atoms with Crippen LogP contribution in [0.1, 0.15) is 39.1 Å². The summed E-state index contributed by atoms with van der Waals surface area (Å²) in [5, 5.41) is 10.2. The number of furan rings is 1. The topological polar surface area (TPSA) is 62.5 Å². The smallest absolute Gasteiger partial charge is 0.191 e. The summed E-state index contributed by atoms with van der Waals surface area (Å²) in [6, 6.07) is 8.11. The van der Waals surface area contributed by atoms with Gasteiger partial charge in [0.1, 0.15) is 5.76 Å². The Bertz CT molecular complexity index is 845. The van der Waals surface area contributed by atoms with Gasteiger partial charge in [0, 0.05) is 35.7 Å². The maximum atomic E-state index is 5.41. The van der Waals surface area contributed by atoms with Gasteiger partial charge in [-0.1, -0.05) is 6.07 Å². The zero-order chi connectivity index (χ0) is 19.0. The highest BCUT2D eigenvalue weighted by atomic mass is 32.1. The van der Waals surface area contributed by atoms with E-state index >= 15 is 0 Å². The summed E-state index contributed by atoms with van der Waals surface area (Å²) in [5.41, 5.74) is 1.34. The number of thiazole rings is 1. The molecule has 0 atom stereocenters. The molecule has 1 aliphatic carbocycles. The molecule has 0 bridgehead atoms. The third kappa shape index (κ3) is 5.45. The van der Waals surface area contributed by atoms with Crippen LogP contribution in [0.2, 0.25) is 0 Å². The van der Waals surface area contributed by atoms with Crippen molar-refractivity contribution in [1.29, 1.82) is 0 Å². The summed E-state index contributed by atoms with van der Waals surface area (Å²) in [5.74, 6) is 1.83. The Hall–Kier alpha value is -2.12. The number of nitrogens with one attached hydrogen (secondary N) is 2. The lowest BCUT2D eigenvalue weighted by Crippen LogP contribution is -2.39. The zero-order valence-corrected chi connectivity index (χ0v) is 17.6. The molecule has 0 unspecified atom stereocenters. The summed E-state index contributed by atoms with van der Waals surface area (Å²) in [4.78, 5) is 12.3. The molecule has 0 amide bonds. The average Bonchev–Trinajstić information content (AvgIpc) is 3.46. The van der Waals surface area contributed by atoms with Crippen molar-refractivity contribution in [3.63, 3.8) is 0 Å². The Morgan fingerprint density at radius 1 is 1.11 bits per heavy atom. The monoisotopic (exact) mass is 414 g/mol. The number of aliphatic imine (C=N–C) groups is 1. The number of fused-ring (bicyclic) bond motifs is 1. The van der Waals surface area contributed by atoms with Crippen molar-refractivity contribution in [1.82, 2.24) is 15.6 Å². The van der Waals surface area contributed by atoms with Gasteiger partial charge >= 0.3 is 0 Å². The van der Waals surface area contributed by atoms with Crippen molar-refractivity contribution in [2.45, 2.75) is 45.1 Å². The minimum Gasteiger partial charge on any atom is -0.469 e. The van der Waals surface area contributed by atoms with Gasteiger partial charge in [-0.25, -0.2) is 9.98 Å². The van der Waals surface area contributed by atoms with Gasteiger partial charge < -0.3 is 15.1 Å². The van der Waals surface area contributed by atoms with E-state index in [-0.39, 0.29) is 0 Å². The van der Waals surface area contributed by atoms with Crippen LogP contribution >= 0.6 is 22.7 Å². The quantitative estimate of drug-likeness (QED) is 0.428. The van der Waals surface area contributed by atoms with E-state index in [9.17, 15) is 0 Å². The molecule has 0 radical (unpaired) electrons. The van der Waals surface area contributed by atoms with Crippen molar-refractivity contribution in [2.75, 3.05) is 13.1 Å². The van der Waals surface area contributed by atoms with Gasteiger partial charge in [-0.3, -0.25) is 0 Å². The van der Waals surface area contributed by atoms with Crippen molar-refractivity contribution in [3.8, 4) is 0 Å². The second-order valence-corrected chi connectivity index (χ2v) is 9.06. The fraction of sp³-hybridized carbons (Fsp3) is 0.429. The number of nitrogens with zero attached hydrogens (tertiary/aromatic N) is 2. The van der Waals surface area contributed by atoms with Crippen molar-refractivity contribution >= 4 is 28.6 Å². The molecule has 0 saturated heterocycles. The zero-order valence-electron chi connectivity index (χ0n) is 15.9. The van der Waals surface area contributed by atoms with Crippen LogP contribution in [0.15, 0.2) is 45.3 Å². The largest absolute Gasteiger partial charge is 0.469 e. The Morgan fingerprint density at radius 3 is 2.79 bits per heavy atom. The molecule has 7 heteroatoms. The maximum absolute atomic E-state index is 5.41. The van der Waals surface area contributed by atoms with E-state index in [2.05, 4.69) is 28.1 Å². The number of hydrogen-bond donors (Lipinski definition) is 2. The number of aryl methyl sites for hydroxylation is 2. The molecular weight excluding hydrogens is 388 g/mol. The SMILES string of the molecule is c1coc(CCNC(=NCc2cccs2)NCCc2nc3c(s2)CCCC3)c1. The van der Waals surface area contributed by atoms with Crippen LogP contribution in [0.5, 0.6) is 0 Å². The summed E-state index contributed by atoms with van der Waals surface area (Å²) < 4.78 is 5.41. The lowest BCUT2D eigenvalue weighted by Gasteiger charge is -2.11. The van der Waals surface area contributed by atoms with E-state index in [1.807, 2.05) is 23.5 Å². The number of hydrogen-bond acceptors (Lipinski definition) is 5. The van der Waals surface area contributed by atoms with Crippen molar-refractivity contribution in [2.24, 2.45) is 4.99 Å².